The number of rotatable bonds is 0. The minimum absolute atomic E-state index is 1.25. The van der Waals surface area contributed by atoms with E-state index in [1.54, 1.807) is 13.1 Å². The highest BCUT2D eigenvalue weighted by molar-refractivity contribution is 6.47. The Bertz CT molecular complexity index is 39.9. The fraction of sp³-hybridized carbons (Fsp3) is 1.00. The summed E-state index contributed by atoms with van der Waals surface area (Å²) in [5, 5.41) is 7.89. The fourth-order valence-electron chi connectivity index (χ4n) is 0. The van der Waals surface area contributed by atoms with E-state index in [2.05, 4.69) is 0 Å². The molecule has 0 saturated heterocycles. The van der Waals surface area contributed by atoms with Crippen molar-refractivity contribution < 1.29 is 9.32 Å². The Morgan fingerprint density at radius 2 is 1.71 bits per heavy atom. The van der Waals surface area contributed by atoms with Crippen LogP contribution in [0.4, 0.5) is 4.11 Å². The van der Waals surface area contributed by atoms with Gasteiger partial charge in [0, 0.05) is 0 Å². The second-order valence-electron chi connectivity index (χ2n) is 1.10. The number of hydrogen-bond donors (Lipinski definition) is 1. The van der Waals surface area contributed by atoms with Crippen molar-refractivity contribution in [3.8, 4) is 0 Å². The molecule has 0 aromatic heterocycles. The second-order valence-corrected chi connectivity index (χ2v) is 3.12. The Hall–Kier alpha value is -0.453. The smallest absolute Gasteiger partial charge is 0.225 e. The molecule has 0 aliphatic rings. The van der Waals surface area contributed by atoms with Gasteiger partial charge < -0.3 is 9.32 Å². The molecule has 1 N–H and O–H groups in total. The summed E-state index contributed by atoms with van der Waals surface area (Å²) in [6.45, 7) is 3.28. The molecule has 0 aliphatic heterocycles. The van der Waals surface area contributed by atoms with E-state index >= 15 is 0 Å². The van der Waals surface area contributed by atoms with Crippen LogP contribution in [0.15, 0.2) is 5.34 Å². The van der Waals surface area contributed by atoms with Crippen molar-refractivity contribution in [3.63, 3.8) is 0 Å². The lowest BCUT2D eigenvalue weighted by Crippen LogP contribution is -1.81. The van der Waals surface area contributed by atoms with Crippen molar-refractivity contribution in [1.29, 1.82) is 0 Å². The van der Waals surface area contributed by atoms with Crippen LogP contribution in [0.1, 0.15) is 0 Å². The molecule has 0 unspecified atom stereocenters. The van der Waals surface area contributed by atoms with Crippen LogP contribution in [-0.4, -0.2) is 14.3 Å². The largest absolute Gasteiger partial charge is 0.379 e. The number of hydrogen-bond acceptors (Lipinski definition) is 2. The first-order chi connectivity index (χ1) is 3.15. The summed E-state index contributed by atoms with van der Waals surface area (Å²) in [6.07, 6.45) is 0. The Kier molecular flexibility index (Phi) is 12.7. The first-order valence-corrected chi connectivity index (χ1v) is 4.50. The summed E-state index contributed by atoms with van der Waals surface area (Å²) >= 11 is 0. The lowest BCUT2D eigenvalue weighted by Gasteiger charge is -1.70. The molecule has 3 nitrogen and oxygen atoms in total. The third-order valence-corrected chi connectivity index (χ3v) is 0. The topological polar surface area (TPSA) is 49.7 Å². The van der Waals surface area contributed by atoms with Crippen molar-refractivity contribution in [2.24, 2.45) is 5.34 Å². The number of halogens is 1. The molecule has 0 rings (SSSR count). The van der Waals surface area contributed by atoms with E-state index in [0.717, 1.165) is 0 Å². The first-order valence-electron chi connectivity index (χ1n) is 1.76. The van der Waals surface area contributed by atoms with Gasteiger partial charge in [-0.15, -0.1) is 4.91 Å². The normalized spacial score (nSPS) is 6.86. The third kappa shape index (κ3) is 340. The molecule has 0 aromatic rings. The van der Waals surface area contributed by atoms with Gasteiger partial charge in [0.1, 0.15) is 0 Å². The van der Waals surface area contributed by atoms with Gasteiger partial charge in [0.2, 0.25) is 9.13 Å². The van der Waals surface area contributed by atoms with E-state index in [9.17, 15) is 4.11 Å². The van der Waals surface area contributed by atoms with Gasteiger partial charge in [-0.05, 0) is 13.1 Å². The quantitative estimate of drug-likeness (QED) is 0.228. The van der Waals surface area contributed by atoms with Gasteiger partial charge in [-0.3, -0.25) is 0 Å². The molecule has 44 valence electrons. The molecule has 0 atom stereocenters. The molecule has 0 radical (unpaired) electrons. The Morgan fingerprint density at radius 3 is 1.71 bits per heavy atom. The Labute approximate surface area is 42.9 Å². The van der Waals surface area contributed by atoms with Gasteiger partial charge in [0.05, 0.1) is 0 Å². The zero-order valence-electron chi connectivity index (χ0n) is 4.26. The van der Waals surface area contributed by atoms with Crippen LogP contribution >= 0.6 is 0 Å². The standard InChI is InChI=1S/C2H7FSi.HNO2/c1-4(2)3;2-1-3/h4H,1-2H3;(H,2,3). The summed E-state index contributed by atoms with van der Waals surface area (Å²) in [4.78, 5) is 8.11. The van der Waals surface area contributed by atoms with Crippen LogP contribution < -0.4 is 0 Å². The zero-order chi connectivity index (χ0) is 6.28. The highest BCUT2D eigenvalue weighted by Crippen LogP contribution is 1.72. The third-order valence-electron chi connectivity index (χ3n) is 0. The van der Waals surface area contributed by atoms with Crippen LogP contribution in [0.5, 0.6) is 0 Å². The van der Waals surface area contributed by atoms with Crippen LogP contribution in [0.2, 0.25) is 13.1 Å². The highest BCUT2D eigenvalue weighted by atomic mass is 28.3. The summed E-state index contributed by atoms with van der Waals surface area (Å²) < 4.78 is 11.1. The highest BCUT2D eigenvalue weighted by Gasteiger charge is 1.79. The lowest BCUT2D eigenvalue weighted by atomic mass is 11.9. The van der Waals surface area contributed by atoms with Crippen LogP contribution in [-0.2, 0) is 0 Å². The minimum atomic E-state index is -1.64. The van der Waals surface area contributed by atoms with Crippen molar-refractivity contribution in [1.82, 2.24) is 0 Å². The molecule has 0 spiro atoms. The van der Waals surface area contributed by atoms with Crippen LogP contribution in [0, 0.1) is 4.91 Å². The average molecular weight is 125 g/mol. The Morgan fingerprint density at radius 1 is 1.71 bits per heavy atom. The van der Waals surface area contributed by atoms with Gasteiger partial charge in [0.25, 0.3) is 0 Å². The second kappa shape index (κ2) is 9.12. The average Bonchev–Trinajstić information content (AvgIpc) is 1.33. The van der Waals surface area contributed by atoms with Crippen molar-refractivity contribution in [2.75, 3.05) is 0 Å². The van der Waals surface area contributed by atoms with E-state index < -0.39 is 9.13 Å². The summed E-state index contributed by atoms with van der Waals surface area (Å²) in [7, 11) is -1.64. The van der Waals surface area contributed by atoms with E-state index in [1.165, 1.54) is 5.34 Å². The summed E-state index contributed by atoms with van der Waals surface area (Å²) in [5.74, 6) is 0. The van der Waals surface area contributed by atoms with Gasteiger partial charge in [-0.25, -0.2) is 0 Å². The van der Waals surface area contributed by atoms with E-state index in [0.29, 0.717) is 0 Å². The molecule has 5 heteroatoms. The maximum Gasteiger partial charge on any atom is 0.225 e. The maximum atomic E-state index is 11.1. The molecular weight excluding hydrogens is 117 g/mol. The first kappa shape index (κ1) is 9.74. The van der Waals surface area contributed by atoms with Gasteiger partial charge in [-0.1, -0.05) is 0 Å². The lowest BCUT2D eigenvalue weighted by molar-refractivity contribution is 0.312. The Balaban J connectivity index is 0. The molecule has 0 fully saturated rings. The van der Waals surface area contributed by atoms with Gasteiger partial charge >= 0.3 is 0 Å². The predicted octanol–water partition coefficient (Wildman–Crippen LogP) is 1.08. The molecule has 0 aliphatic carbocycles. The van der Waals surface area contributed by atoms with E-state index in [1.807, 2.05) is 0 Å². The maximum absolute atomic E-state index is 11.1. The van der Waals surface area contributed by atoms with E-state index in [-0.39, 0.29) is 0 Å². The monoisotopic (exact) mass is 125 g/mol. The minimum Gasteiger partial charge on any atom is -0.379 e. The molecule has 0 saturated carbocycles. The van der Waals surface area contributed by atoms with Crippen LogP contribution in [0.25, 0.3) is 0 Å². The molecular formula is C2H8FNO2Si. The molecule has 7 heavy (non-hydrogen) atoms. The molecule has 0 amide bonds. The SMILES string of the molecule is C[SiH](C)F.O=NO. The number of nitrogens with zero attached hydrogens (tertiary/aromatic N) is 1. The molecule has 0 aromatic carbocycles. The van der Waals surface area contributed by atoms with Crippen LogP contribution in [0.3, 0.4) is 0 Å². The zero-order valence-corrected chi connectivity index (χ0v) is 5.41. The van der Waals surface area contributed by atoms with Crippen molar-refractivity contribution in [2.45, 2.75) is 13.1 Å². The summed E-state index contributed by atoms with van der Waals surface area (Å²) in [6, 6.07) is 0. The van der Waals surface area contributed by atoms with E-state index in [4.69, 9.17) is 10.1 Å². The predicted molar refractivity (Wildman–Crippen MR) is 27.6 cm³/mol. The van der Waals surface area contributed by atoms with Crippen molar-refractivity contribution >= 4 is 9.13 Å². The van der Waals surface area contributed by atoms with Gasteiger partial charge in [-0.2, -0.15) is 0 Å². The summed E-state index contributed by atoms with van der Waals surface area (Å²) in [5.41, 5.74) is 0. The molecule has 0 heterocycles. The molecule has 0 bridgehead atoms. The fourth-order valence-corrected chi connectivity index (χ4v) is 0. The van der Waals surface area contributed by atoms with Crippen molar-refractivity contribution in [3.05, 3.63) is 4.91 Å². The van der Waals surface area contributed by atoms with Gasteiger partial charge in [0.15, 0.2) is 5.34 Å².